The van der Waals surface area contributed by atoms with Gasteiger partial charge < -0.3 is 5.11 Å². The van der Waals surface area contributed by atoms with Gasteiger partial charge in [-0.2, -0.15) is 0 Å². The van der Waals surface area contributed by atoms with Gasteiger partial charge in [-0.25, -0.2) is 0 Å². The molecule has 1 rings (SSSR count). The van der Waals surface area contributed by atoms with E-state index in [9.17, 15) is 4.79 Å². The molecule has 14 heavy (non-hydrogen) atoms. The van der Waals surface area contributed by atoms with Crippen LogP contribution < -0.4 is 0 Å². The molecule has 0 aromatic rings. The first-order valence-corrected chi connectivity index (χ1v) is 5.59. The van der Waals surface area contributed by atoms with E-state index in [0.29, 0.717) is 5.78 Å². The van der Waals surface area contributed by atoms with Gasteiger partial charge in [0.05, 0.1) is 6.04 Å². The number of rotatable bonds is 6. The molecule has 82 valence electrons. The maximum Gasteiger partial charge on any atom is 0.149 e. The number of likely N-dealkylation sites (N-methyl/N-ethyl adjacent to an activating group) is 1. The highest BCUT2D eigenvalue weighted by Gasteiger charge is 2.27. The minimum atomic E-state index is 0.184. The van der Waals surface area contributed by atoms with Crippen LogP contribution in [0.4, 0.5) is 0 Å². The van der Waals surface area contributed by atoms with Crippen LogP contribution in [-0.2, 0) is 4.79 Å². The second kappa shape index (κ2) is 6.14. The number of hydrogen-bond donors (Lipinski definition) is 1. The number of Topliss-reactive ketones (excluding diaryl/α,β-unsaturated/α-hetero) is 1. The first-order valence-electron chi connectivity index (χ1n) is 5.59. The molecule has 0 aromatic carbocycles. The Morgan fingerprint density at radius 2 is 2.21 bits per heavy atom. The molecular formula is C11H21NO2. The Bertz CT molecular complexity index is 182. The second-order valence-electron chi connectivity index (χ2n) is 4.14. The van der Waals surface area contributed by atoms with Crippen molar-refractivity contribution < 1.29 is 9.90 Å². The number of hydrogen-bond acceptors (Lipinski definition) is 3. The molecule has 0 heterocycles. The summed E-state index contributed by atoms with van der Waals surface area (Å²) >= 11 is 0. The van der Waals surface area contributed by atoms with Gasteiger partial charge in [0, 0.05) is 13.0 Å². The fourth-order valence-electron chi connectivity index (χ4n) is 2.07. The molecule has 1 aliphatic carbocycles. The molecule has 0 saturated heterocycles. The Balaban J connectivity index is 2.14. The third-order valence-electron chi connectivity index (χ3n) is 2.97. The lowest BCUT2D eigenvalue weighted by molar-refractivity contribution is -0.121. The van der Waals surface area contributed by atoms with Gasteiger partial charge in [-0.15, -0.1) is 0 Å². The topological polar surface area (TPSA) is 40.5 Å². The predicted octanol–water partition coefficient (Wildman–Crippen LogP) is 1.20. The summed E-state index contributed by atoms with van der Waals surface area (Å²) in [4.78, 5) is 13.6. The van der Waals surface area contributed by atoms with Gasteiger partial charge in [-0.3, -0.25) is 9.69 Å². The summed E-state index contributed by atoms with van der Waals surface area (Å²) in [7, 11) is 2.03. The van der Waals surface area contributed by atoms with Gasteiger partial charge in [0.2, 0.25) is 0 Å². The number of nitrogens with zero attached hydrogens (tertiary/aromatic N) is 1. The van der Waals surface area contributed by atoms with E-state index in [4.69, 9.17) is 5.11 Å². The Labute approximate surface area is 86.1 Å². The molecule has 3 heteroatoms. The lowest BCUT2D eigenvalue weighted by Gasteiger charge is -2.22. The van der Waals surface area contributed by atoms with Crippen molar-refractivity contribution in [1.82, 2.24) is 4.90 Å². The largest absolute Gasteiger partial charge is 0.396 e. The summed E-state index contributed by atoms with van der Waals surface area (Å²) in [6.45, 7) is 1.27. The summed E-state index contributed by atoms with van der Waals surface area (Å²) in [5, 5.41) is 8.62. The Morgan fingerprint density at radius 3 is 2.79 bits per heavy atom. The maximum absolute atomic E-state index is 11.4. The fourth-order valence-corrected chi connectivity index (χ4v) is 2.07. The van der Waals surface area contributed by atoms with Crippen molar-refractivity contribution in [2.45, 2.75) is 44.6 Å². The SMILES string of the molecule is CN(CCCCCO)C1CCCC1=O. The number of unbranched alkanes of at least 4 members (excludes halogenated alkanes) is 2. The zero-order valence-corrected chi connectivity index (χ0v) is 9.04. The quantitative estimate of drug-likeness (QED) is 0.653. The van der Waals surface area contributed by atoms with E-state index in [1.165, 1.54) is 0 Å². The average molecular weight is 199 g/mol. The van der Waals surface area contributed by atoms with Gasteiger partial charge in [0.25, 0.3) is 0 Å². The molecule has 1 aliphatic rings. The minimum absolute atomic E-state index is 0.184. The summed E-state index contributed by atoms with van der Waals surface area (Å²) in [5.41, 5.74) is 0. The molecule has 1 N–H and O–H groups in total. The van der Waals surface area contributed by atoms with Crippen molar-refractivity contribution in [1.29, 1.82) is 0 Å². The fraction of sp³-hybridized carbons (Fsp3) is 0.909. The van der Waals surface area contributed by atoms with E-state index in [-0.39, 0.29) is 12.6 Å². The number of carbonyl (C=O) groups is 1. The molecular weight excluding hydrogens is 178 g/mol. The standard InChI is InChI=1S/C11H21NO2/c1-12(8-3-2-4-9-13)10-6-5-7-11(10)14/h10,13H,2-9H2,1H3. The Hall–Kier alpha value is -0.410. The highest BCUT2D eigenvalue weighted by molar-refractivity contribution is 5.85. The summed E-state index contributed by atoms with van der Waals surface area (Å²) in [6.07, 6.45) is 5.89. The van der Waals surface area contributed by atoms with Gasteiger partial charge in [-0.1, -0.05) is 0 Å². The van der Waals surface area contributed by atoms with Crippen molar-refractivity contribution >= 4 is 5.78 Å². The first-order chi connectivity index (χ1) is 6.75. The van der Waals surface area contributed by atoms with Crippen LogP contribution in [-0.4, -0.2) is 42.0 Å². The van der Waals surface area contributed by atoms with E-state index in [2.05, 4.69) is 4.90 Å². The number of ketones is 1. The lowest BCUT2D eigenvalue weighted by atomic mass is 10.2. The zero-order valence-electron chi connectivity index (χ0n) is 9.04. The van der Waals surface area contributed by atoms with Crippen LogP contribution in [0.25, 0.3) is 0 Å². The molecule has 1 atom stereocenters. The lowest BCUT2D eigenvalue weighted by Crippen LogP contribution is -2.35. The van der Waals surface area contributed by atoms with E-state index < -0.39 is 0 Å². The average Bonchev–Trinajstić information content (AvgIpc) is 2.59. The van der Waals surface area contributed by atoms with Crippen molar-refractivity contribution in [3.63, 3.8) is 0 Å². The van der Waals surface area contributed by atoms with Crippen LogP contribution in [0.2, 0.25) is 0 Å². The molecule has 3 nitrogen and oxygen atoms in total. The van der Waals surface area contributed by atoms with E-state index in [1.54, 1.807) is 0 Å². The van der Waals surface area contributed by atoms with Crippen LogP contribution in [0.1, 0.15) is 38.5 Å². The Morgan fingerprint density at radius 1 is 1.43 bits per heavy atom. The highest BCUT2D eigenvalue weighted by Crippen LogP contribution is 2.19. The van der Waals surface area contributed by atoms with E-state index >= 15 is 0 Å². The smallest absolute Gasteiger partial charge is 0.149 e. The number of carbonyl (C=O) groups excluding carboxylic acids is 1. The van der Waals surface area contributed by atoms with Crippen LogP contribution in [0.5, 0.6) is 0 Å². The molecule has 0 radical (unpaired) electrons. The van der Waals surface area contributed by atoms with Crippen LogP contribution in [0, 0.1) is 0 Å². The van der Waals surface area contributed by atoms with Crippen molar-refractivity contribution in [2.75, 3.05) is 20.2 Å². The molecule has 0 aromatic heterocycles. The van der Waals surface area contributed by atoms with Gasteiger partial charge in [0.15, 0.2) is 0 Å². The molecule has 0 aliphatic heterocycles. The molecule has 1 saturated carbocycles. The van der Waals surface area contributed by atoms with Gasteiger partial charge >= 0.3 is 0 Å². The van der Waals surface area contributed by atoms with Crippen LogP contribution >= 0.6 is 0 Å². The third-order valence-corrected chi connectivity index (χ3v) is 2.97. The number of aliphatic hydroxyl groups is 1. The summed E-state index contributed by atoms with van der Waals surface area (Å²) < 4.78 is 0. The molecule has 1 fully saturated rings. The predicted molar refractivity (Wildman–Crippen MR) is 56.2 cm³/mol. The molecule has 0 spiro atoms. The molecule has 1 unspecified atom stereocenters. The van der Waals surface area contributed by atoms with Gasteiger partial charge in [-0.05, 0) is 45.7 Å². The van der Waals surface area contributed by atoms with Crippen LogP contribution in [0.15, 0.2) is 0 Å². The van der Waals surface area contributed by atoms with Crippen molar-refractivity contribution in [2.24, 2.45) is 0 Å². The summed E-state index contributed by atoms with van der Waals surface area (Å²) in [5.74, 6) is 0.412. The van der Waals surface area contributed by atoms with E-state index in [0.717, 1.165) is 45.1 Å². The normalized spacial score (nSPS) is 22.2. The highest BCUT2D eigenvalue weighted by atomic mass is 16.2. The molecule has 0 amide bonds. The van der Waals surface area contributed by atoms with E-state index in [1.807, 2.05) is 7.05 Å². The maximum atomic E-state index is 11.4. The van der Waals surface area contributed by atoms with Crippen molar-refractivity contribution in [3.05, 3.63) is 0 Å². The number of aliphatic hydroxyl groups excluding tert-OH is 1. The van der Waals surface area contributed by atoms with Gasteiger partial charge in [0.1, 0.15) is 5.78 Å². The zero-order chi connectivity index (χ0) is 10.4. The Kier molecular flexibility index (Phi) is 5.12. The minimum Gasteiger partial charge on any atom is -0.396 e. The van der Waals surface area contributed by atoms with Crippen molar-refractivity contribution in [3.8, 4) is 0 Å². The third kappa shape index (κ3) is 3.39. The molecule has 0 bridgehead atoms. The summed E-state index contributed by atoms with van der Waals surface area (Å²) in [6, 6.07) is 0.184. The first kappa shape index (κ1) is 11.7. The second-order valence-corrected chi connectivity index (χ2v) is 4.14. The van der Waals surface area contributed by atoms with Crippen LogP contribution in [0.3, 0.4) is 0 Å². The monoisotopic (exact) mass is 199 g/mol.